The molecule has 1 aliphatic heterocycles. The second-order valence-corrected chi connectivity index (χ2v) is 5.58. The van der Waals surface area contributed by atoms with Gasteiger partial charge in [-0.25, -0.2) is 4.39 Å². The summed E-state index contributed by atoms with van der Waals surface area (Å²) in [5.41, 5.74) is 0.294. The predicted octanol–water partition coefficient (Wildman–Crippen LogP) is 2.46. The Morgan fingerprint density at radius 3 is 2.70 bits per heavy atom. The lowest BCUT2D eigenvalue weighted by Gasteiger charge is -2.24. The fourth-order valence-electron chi connectivity index (χ4n) is 2.73. The molecule has 0 spiro atoms. The summed E-state index contributed by atoms with van der Waals surface area (Å²) >= 11 is 0. The highest BCUT2D eigenvalue weighted by molar-refractivity contribution is 6.07. The van der Waals surface area contributed by atoms with Crippen LogP contribution < -0.4 is 10.6 Å². The average molecular weight is 272 g/mol. The molecule has 0 radical (unpaired) electrons. The molecule has 104 valence electrons. The number of nitrogens with one attached hydrogen (secondary N) is 2. The van der Waals surface area contributed by atoms with Crippen LogP contribution in [-0.4, -0.2) is 24.5 Å². The van der Waals surface area contributed by atoms with E-state index in [9.17, 15) is 9.18 Å². The van der Waals surface area contributed by atoms with Crippen LogP contribution in [0.2, 0.25) is 0 Å². The van der Waals surface area contributed by atoms with Gasteiger partial charge in [0.1, 0.15) is 5.82 Å². The number of rotatable bonds is 2. The van der Waals surface area contributed by atoms with Crippen molar-refractivity contribution in [2.24, 2.45) is 0 Å². The van der Waals surface area contributed by atoms with Crippen LogP contribution in [0.5, 0.6) is 0 Å². The molecule has 1 unspecified atom stereocenters. The Hall–Kier alpha value is -1.94. The summed E-state index contributed by atoms with van der Waals surface area (Å²) in [6.45, 7) is 3.69. The zero-order valence-corrected chi connectivity index (χ0v) is 11.4. The highest BCUT2D eigenvalue weighted by atomic mass is 19.1. The Balaban J connectivity index is 1.98. The van der Waals surface area contributed by atoms with Crippen molar-refractivity contribution in [1.29, 1.82) is 0 Å². The Bertz CT molecular complexity index is 663. The van der Waals surface area contributed by atoms with Crippen LogP contribution in [0.4, 0.5) is 4.39 Å². The van der Waals surface area contributed by atoms with Crippen molar-refractivity contribution in [3.05, 3.63) is 47.8 Å². The van der Waals surface area contributed by atoms with Crippen molar-refractivity contribution >= 4 is 16.7 Å². The maximum absolute atomic E-state index is 13.8. The normalized spacial score (nSPS) is 22.1. The topological polar surface area (TPSA) is 41.1 Å². The molecular formula is C16H17FN2O. The molecule has 1 heterocycles. The maximum atomic E-state index is 13.8. The lowest BCUT2D eigenvalue weighted by Crippen LogP contribution is -2.47. The van der Waals surface area contributed by atoms with E-state index < -0.39 is 0 Å². The van der Waals surface area contributed by atoms with Crippen molar-refractivity contribution in [3.8, 4) is 0 Å². The third kappa shape index (κ3) is 2.27. The van der Waals surface area contributed by atoms with E-state index in [0.717, 1.165) is 19.5 Å². The number of hydrogen-bond donors (Lipinski definition) is 2. The van der Waals surface area contributed by atoms with Gasteiger partial charge in [0.2, 0.25) is 0 Å². The van der Waals surface area contributed by atoms with Gasteiger partial charge in [0.15, 0.2) is 0 Å². The van der Waals surface area contributed by atoms with Crippen LogP contribution >= 0.6 is 0 Å². The van der Waals surface area contributed by atoms with Crippen molar-refractivity contribution in [3.63, 3.8) is 0 Å². The van der Waals surface area contributed by atoms with Gasteiger partial charge >= 0.3 is 0 Å². The average Bonchev–Trinajstić information content (AvgIpc) is 2.86. The fourth-order valence-corrected chi connectivity index (χ4v) is 2.73. The van der Waals surface area contributed by atoms with Gasteiger partial charge in [-0.1, -0.05) is 24.3 Å². The molecule has 1 saturated heterocycles. The van der Waals surface area contributed by atoms with E-state index in [2.05, 4.69) is 10.6 Å². The predicted molar refractivity (Wildman–Crippen MR) is 77.3 cm³/mol. The third-order valence-electron chi connectivity index (χ3n) is 3.90. The van der Waals surface area contributed by atoms with E-state index in [-0.39, 0.29) is 17.3 Å². The molecule has 2 N–H and O–H groups in total. The minimum Gasteiger partial charge on any atom is -0.346 e. The van der Waals surface area contributed by atoms with E-state index in [1.807, 2.05) is 13.0 Å². The lowest BCUT2D eigenvalue weighted by atomic mass is 9.99. The van der Waals surface area contributed by atoms with Gasteiger partial charge in [0, 0.05) is 17.5 Å². The van der Waals surface area contributed by atoms with E-state index in [1.54, 1.807) is 24.3 Å². The van der Waals surface area contributed by atoms with Crippen LogP contribution in [0.25, 0.3) is 10.8 Å². The molecule has 4 heteroatoms. The van der Waals surface area contributed by atoms with E-state index >= 15 is 0 Å². The maximum Gasteiger partial charge on any atom is 0.252 e. The number of amides is 1. The molecule has 0 saturated carbocycles. The van der Waals surface area contributed by atoms with Crippen LogP contribution in [0.15, 0.2) is 36.4 Å². The second-order valence-electron chi connectivity index (χ2n) is 5.58. The van der Waals surface area contributed by atoms with Gasteiger partial charge in [-0.3, -0.25) is 4.79 Å². The zero-order chi connectivity index (χ0) is 14.2. The second kappa shape index (κ2) is 4.87. The fraction of sp³-hybridized carbons (Fsp3) is 0.312. The minimum absolute atomic E-state index is 0.146. The number of carbonyl (C=O) groups excluding carboxylic acids is 1. The summed E-state index contributed by atoms with van der Waals surface area (Å²) < 4.78 is 13.8. The summed E-state index contributed by atoms with van der Waals surface area (Å²) in [5, 5.41) is 7.43. The van der Waals surface area contributed by atoms with Gasteiger partial charge in [-0.2, -0.15) is 0 Å². The van der Waals surface area contributed by atoms with Gasteiger partial charge in [-0.15, -0.1) is 0 Å². The van der Waals surface area contributed by atoms with Crippen molar-refractivity contribution in [2.75, 3.05) is 13.1 Å². The first-order valence-corrected chi connectivity index (χ1v) is 6.80. The molecule has 1 fully saturated rings. The summed E-state index contributed by atoms with van der Waals surface area (Å²) in [6.07, 6.45) is 0.901. The summed E-state index contributed by atoms with van der Waals surface area (Å²) in [7, 11) is 0. The molecule has 0 aliphatic carbocycles. The van der Waals surface area contributed by atoms with Crippen LogP contribution in [-0.2, 0) is 0 Å². The summed E-state index contributed by atoms with van der Waals surface area (Å²) in [4.78, 5) is 12.5. The lowest BCUT2D eigenvalue weighted by molar-refractivity contribution is 0.0915. The van der Waals surface area contributed by atoms with E-state index in [1.165, 1.54) is 6.07 Å². The molecule has 3 nitrogen and oxygen atoms in total. The number of carbonyl (C=O) groups is 1. The minimum atomic E-state index is -0.300. The molecular weight excluding hydrogens is 255 g/mol. The molecule has 1 atom stereocenters. The highest BCUT2D eigenvalue weighted by Gasteiger charge is 2.30. The smallest absolute Gasteiger partial charge is 0.252 e. The number of halogens is 1. The third-order valence-corrected chi connectivity index (χ3v) is 3.90. The Morgan fingerprint density at radius 1 is 1.25 bits per heavy atom. The molecule has 2 aromatic carbocycles. The quantitative estimate of drug-likeness (QED) is 0.881. The van der Waals surface area contributed by atoms with Gasteiger partial charge in [0.05, 0.1) is 5.54 Å². The zero-order valence-electron chi connectivity index (χ0n) is 11.4. The van der Waals surface area contributed by atoms with Gasteiger partial charge in [-0.05, 0) is 37.4 Å². The van der Waals surface area contributed by atoms with Crippen molar-refractivity contribution in [1.82, 2.24) is 10.6 Å². The Labute approximate surface area is 117 Å². The molecule has 1 aliphatic rings. The number of hydrogen-bond acceptors (Lipinski definition) is 2. The first-order chi connectivity index (χ1) is 9.59. The SMILES string of the molecule is CC1(NC(=O)c2ccc(F)c3ccccc23)CCNC1. The summed E-state index contributed by atoms with van der Waals surface area (Å²) in [5.74, 6) is -0.446. The van der Waals surface area contributed by atoms with Gasteiger partial charge < -0.3 is 10.6 Å². The van der Waals surface area contributed by atoms with Crippen molar-refractivity contribution in [2.45, 2.75) is 18.9 Å². The largest absolute Gasteiger partial charge is 0.346 e. The summed E-state index contributed by atoms with van der Waals surface area (Å²) in [6, 6.07) is 9.97. The van der Waals surface area contributed by atoms with E-state index in [4.69, 9.17) is 0 Å². The highest BCUT2D eigenvalue weighted by Crippen LogP contribution is 2.23. The molecule has 1 amide bonds. The number of benzene rings is 2. The number of fused-ring (bicyclic) bond motifs is 1. The molecule has 2 aromatic rings. The Kier molecular flexibility index (Phi) is 3.18. The van der Waals surface area contributed by atoms with Gasteiger partial charge in [0.25, 0.3) is 5.91 Å². The first-order valence-electron chi connectivity index (χ1n) is 6.80. The standard InChI is InChI=1S/C16H17FN2O/c1-16(8-9-18-10-16)19-15(20)13-6-7-14(17)12-5-3-2-4-11(12)13/h2-7,18H,8-10H2,1H3,(H,19,20). The molecule has 3 rings (SSSR count). The van der Waals surface area contributed by atoms with Crippen molar-refractivity contribution < 1.29 is 9.18 Å². The molecule has 0 bridgehead atoms. The molecule has 0 aromatic heterocycles. The monoisotopic (exact) mass is 272 g/mol. The first kappa shape index (κ1) is 13.1. The van der Waals surface area contributed by atoms with Crippen LogP contribution in [0, 0.1) is 5.82 Å². The van der Waals surface area contributed by atoms with Crippen LogP contribution in [0.3, 0.4) is 0 Å². The molecule has 20 heavy (non-hydrogen) atoms. The van der Waals surface area contributed by atoms with E-state index in [0.29, 0.717) is 16.3 Å². The van der Waals surface area contributed by atoms with Crippen LogP contribution in [0.1, 0.15) is 23.7 Å². The Morgan fingerprint density at radius 2 is 2.00 bits per heavy atom.